The third-order valence-electron chi connectivity index (χ3n) is 11.2. The summed E-state index contributed by atoms with van der Waals surface area (Å²) in [6, 6.07) is 6.39. The molecule has 316 valence electrons. The van der Waals surface area contributed by atoms with Gasteiger partial charge in [0.25, 0.3) is 11.7 Å². The van der Waals surface area contributed by atoms with Gasteiger partial charge in [-0.2, -0.15) is 0 Å². The van der Waals surface area contributed by atoms with Gasteiger partial charge in [-0.15, -0.1) is 0 Å². The number of aromatic hydroxyl groups is 3. The molecule has 6 rings (SSSR count). The predicted molar refractivity (Wildman–Crippen MR) is 223 cm³/mol. The van der Waals surface area contributed by atoms with Crippen LogP contribution in [-0.4, -0.2) is 86.7 Å². The molecular formula is C44H51ClN2O12. The van der Waals surface area contributed by atoms with Gasteiger partial charge in [-0.25, -0.2) is 0 Å². The Morgan fingerprint density at radius 3 is 2.22 bits per heavy atom. The number of carbonyl (C=O) groups excluding carboxylic acids is 3. The summed E-state index contributed by atoms with van der Waals surface area (Å²) in [4.78, 5) is 44.9. The second-order valence-electron chi connectivity index (χ2n) is 15.4. The molecule has 0 saturated heterocycles. The van der Waals surface area contributed by atoms with E-state index in [1.165, 1.54) is 59.4 Å². The van der Waals surface area contributed by atoms with Gasteiger partial charge in [0.2, 0.25) is 0 Å². The number of aliphatic hydroxyl groups excluding tert-OH is 2. The number of Topliss-reactive ketones (excluding diaryl/α,β-unsaturated/α-hetero) is 1. The molecule has 0 spiro atoms. The molecule has 59 heavy (non-hydrogen) atoms. The molecule has 14 nitrogen and oxygen atoms in total. The minimum absolute atomic E-state index is 0.0316. The summed E-state index contributed by atoms with van der Waals surface area (Å²) >= 11 is 6.05. The van der Waals surface area contributed by atoms with E-state index in [2.05, 4.69) is 10.3 Å². The molecular weight excluding hydrogens is 784 g/mol. The van der Waals surface area contributed by atoms with Crippen LogP contribution in [-0.2, 0) is 23.8 Å². The highest BCUT2D eigenvalue weighted by atomic mass is 35.5. The van der Waals surface area contributed by atoms with Crippen molar-refractivity contribution in [3.05, 3.63) is 82.1 Å². The number of methoxy groups -OCH3 is 1. The zero-order valence-corrected chi connectivity index (χ0v) is 35.1. The zero-order chi connectivity index (χ0) is 43.7. The Labute approximate surface area is 347 Å². The van der Waals surface area contributed by atoms with Crippen molar-refractivity contribution in [1.29, 1.82) is 0 Å². The minimum Gasteiger partial charge on any atom is -0.507 e. The number of phenols is 3. The van der Waals surface area contributed by atoms with Crippen LogP contribution in [0.25, 0.3) is 10.8 Å². The van der Waals surface area contributed by atoms with E-state index in [-0.39, 0.29) is 44.5 Å². The Balaban J connectivity index is 1.73. The van der Waals surface area contributed by atoms with Crippen molar-refractivity contribution < 1.29 is 58.9 Å². The monoisotopic (exact) mass is 834 g/mol. The molecule has 0 aliphatic carbocycles. The number of rotatable bonds is 4. The van der Waals surface area contributed by atoms with Gasteiger partial charge >= 0.3 is 11.8 Å². The number of phenolic OH excluding ortho intramolecular Hbond substituents is 3. The number of fused-ring (bicyclic) bond motifs is 14. The van der Waals surface area contributed by atoms with Gasteiger partial charge in [0.05, 0.1) is 52.5 Å². The Kier molecular flexibility index (Phi) is 13.5. The normalized spacial score (nSPS) is 30.1. The molecule has 0 unspecified atom stereocenters. The van der Waals surface area contributed by atoms with Gasteiger partial charge in [-0.05, 0) is 44.2 Å². The molecule has 9 atom stereocenters. The predicted octanol–water partition coefficient (Wildman–Crippen LogP) is 7.16. The van der Waals surface area contributed by atoms with E-state index >= 15 is 0 Å². The molecule has 6 N–H and O–H groups in total. The zero-order valence-electron chi connectivity index (χ0n) is 34.3. The number of hydrogen-bond acceptors (Lipinski definition) is 13. The first-order valence-electron chi connectivity index (χ1n) is 19.1. The van der Waals surface area contributed by atoms with Crippen molar-refractivity contribution in [2.45, 2.75) is 85.6 Å². The number of benzene rings is 3. The van der Waals surface area contributed by atoms with Crippen LogP contribution in [0, 0.1) is 30.6 Å². The molecule has 5 bridgehead atoms. The number of ketones is 1. The number of ether oxygens (including phenoxy) is 4. The van der Waals surface area contributed by atoms with Gasteiger partial charge in [-0.1, -0.05) is 57.5 Å². The fourth-order valence-corrected chi connectivity index (χ4v) is 7.66. The number of carbonyl (C=O) groups is 3. The Bertz CT molecular complexity index is 2250. The first-order valence-corrected chi connectivity index (χ1v) is 19.5. The number of halogens is 1. The first kappa shape index (κ1) is 44.7. The van der Waals surface area contributed by atoms with E-state index in [0.29, 0.717) is 10.7 Å². The molecule has 1 amide bonds. The van der Waals surface area contributed by atoms with E-state index < -0.39 is 88.8 Å². The molecule has 0 radical (unpaired) electrons. The fraction of sp³-hybridized carbons (Fsp3) is 0.409. The summed E-state index contributed by atoms with van der Waals surface area (Å²) in [6.45, 7) is 12.4. The maximum Gasteiger partial charge on any atom is 0.312 e. The van der Waals surface area contributed by atoms with E-state index in [1.807, 2.05) is 0 Å². The number of hydrogen-bond donors (Lipinski definition) is 6. The smallest absolute Gasteiger partial charge is 0.312 e. The van der Waals surface area contributed by atoms with Crippen LogP contribution in [0.15, 0.2) is 65.4 Å². The van der Waals surface area contributed by atoms with Crippen molar-refractivity contribution in [2.75, 3.05) is 12.4 Å². The van der Waals surface area contributed by atoms with Crippen LogP contribution in [0.4, 0.5) is 11.4 Å². The van der Waals surface area contributed by atoms with Gasteiger partial charge < -0.3 is 49.8 Å². The van der Waals surface area contributed by atoms with Gasteiger partial charge in [-0.3, -0.25) is 19.4 Å². The molecule has 0 saturated carbocycles. The van der Waals surface area contributed by atoms with Crippen LogP contribution >= 0.6 is 11.6 Å². The van der Waals surface area contributed by atoms with Crippen molar-refractivity contribution in [1.82, 2.24) is 0 Å². The van der Waals surface area contributed by atoms with E-state index in [1.54, 1.807) is 64.1 Å². The number of anilines is 1. The maximum absolute atomic E-state index is 14.4. The first-order chi connectivity index (χ1) is 27.7. The lowest BCUT2D eigenvalue weighted by molar-refractivity contribution is -0.160. The number of allylic oxidation sites excluding steroid dienone is 2. The highest BCUT2D eigenvalue weighted by molar-refractivity contribution is 6.30. The summed E-state index contributed by atoms with van der Waals surface area (Å²) in [6.07, 6.45) is 4.62. The van der Waals surface area contributed by atoms with Crippen LogP contribution in [0.3, 0.4) is 0 Å². The average Bonchev–Trinajstić information content (AvgIpc) is 3.46. The minimum atomic E-state index is -2.07. The third-order valence-corrected chi connectivity index (χ3v) is 11.5. The van der Waals surface area contributed by atoms with Gasteiger partial charge in [0.15, 0.2) is 5.75 Å². The highest BCUT2D eigenvalue weighted by Crippen LogP contribution is 2.55. The topological polar surface area (TPSA) is 214 Å². The SMILES string of the molecule is CO[C@H]1/C=C/O[C@@]2(C)Oc3c(C)c(O)c4c(O)c(c(C=Nc5ccc(Cl)cc5)c(O)c4c3C2=O)NC(=O)/C(C)=C\C=C\[C@H](C)[C@H](O)[C@@H](C)[C@@H](O)[C@H](C)[C@H](OC(C)=O)[C@H]1C. The second-order valence-corrected chi connectivity index (χ2v) is 15.8. The number of aliphatic imine (C=N–C) groups is 1. The lowest BCUT2D eigenvalue weighted by atomic mass is 9.78. The van der Waals surface area contributed by atoms with Crippen molar-refractivity contribution in [3.63, 3.8) is 0 Å². The summed E-state index contributed by atoms with van der Waals surface area (Å²) in [5, 5.41) is 60.7. The van der Waals surface area contributed by atoms with Gasteiger partial charge in [0, 0.05) is 72.4 Å². The summed E-state index contributed by atoms with van der Waals surface area (Å²) in [5.41, 5.74) is -0.173. The number of aliphatic hydroxyl groups is 2. The second kappa shape index (κ2) is 17.8. The van der Waals surface area contributed by atoms with E-state index in [4.69, 9.17) is 30.5 Å². The van der Waals surface area contributed by atoms with Gasteiger partial charge in [0.1, 0.15) is 23.4 Å². The highest BCUT2D eigenvalue weighted by Gasteiger charge is 2.50. The lowest BCUT2D eigenvalue weighted by Gasteiger charge is -2.38. The fourth-order valence-electron chi connectivity index (χ4n) is 7.54. The molecule has 0 fully saturated rings. The summed E-state index contributed by atoms with van der Waals surface area (Å²) < 4.78 is 23.5. The largest absolute Gasteiger partial charge is 0.507 e. The number of amides is 1. The van der Waals surface area contributed by atoms with Crippen LogP contribution < -0.4 is 10.1 Å². The number of nitrogens with one attached hydrogen (secondary N) is 1. The van der Waals surface area contributed by atoms with E-state index in [0.717, 1.165) is 0 Å². The molecule has 3 aliphatic heterocycles. The molecule has 3 aromatic carbocycles. The molecule has 3 heterocycles. The summed E-state index contributed by atoms with van der Waals surface area (Å²) in [5.74, 6) is -8.65. The lowest BCUT2D eigenvalue weighted by Crippen LogP contribution is -2.46. The van der Waals surface area contributed by atoms with Crippen LogP contribution in [0.5, 0.6) is 23.0 Å². The average molecular weight is 835 g/mol. The standard InChI is InChI=1S/C44H51ClN2O12/c1-20-11-10-12-21(2)43(55)47-34-29(19-46-28-15-13-27(45)14-16-28)38(52)31-32(39(34)53)37(51)25(6)41-33(31)42(54)44(8,59-41)57-18-17-30(56-9)22(3)40(58-26(7)48)24(5)36(50)23(4)35(20)49/h10-20,22-24,30,35-36,40,49-53H,1-9H3,(H,47,55)/b11-10+,18-17+,21-12-,46-19?/t20-,22-,23+,24-,30-,35-,36+,40+,44-/m0/s1. The van der Waals surface area contributed by atoms with Crippen LogP contribution in [0.2, 0.25) is 5.02 Å². The number of nitrogens with zero attached hydrogens (tertiary/aromatic N) is 1. The van der Waals surface area contributed by atoms with Crippen molar-refractivity contribution in [2.24, 2.45) is 28.7 Å². The van der Waals surface area contributed by atoms with Crippen molar-refractivity contribution >= 4 is 57.6 Å². The quantitative estimate of drug-likeness (QED) is 0.0669. The maximum atomic E-state index is 14.4. The van der Waals surface area contributed by atoms with E-state index in [9.17, 15) is 39.9 Å². The summed E-state index contributed by atoms with van der Waals surface area (Å²) in [7, 11) is 1.43. The Morgan fingerprint density at radius 2 is 1.59 bits per heavy atom. The molecule has 0 aromatic heterocycles. The Morgan fingerprint density at radius 1 is 0.932 bits per heavy atom. The number of esters is 1. The molecule has 3 aromatic rings. The van der Waals surface area contributed by atoms with Crippen molar-refractivity contribution in [3.8, 4) is 23.0 Å². The molecule has 3 aliphatic rings. The Hall–Kier alpha value is -5.41. The molecule has 15 heteroatoms. The third kappa shape index (κ3) is 8.81. The van der Waals surface area contributed by atoms with Crippen LogP contribution in [0.1, 0.15) is 70.0 Å².